The van der Waals surface area contributed by atoms with Crippen LogP contribution in [0.15, 0.2) is 24.3 Å². The van der Waals surface area contributed by atoms with Gasteiger partial charge in [0.2, 0.25) is 0 Å². The van der Waals surface area contributed by atoms with Crippen molar-refractivity contribution < 1.29 is 4.92 Å². The molecule has 1 N–H and O–H groups in total. The third kappa shape index (κ3) is 2.36. The summed E-state index contributed by atoms with van der Waals surface area (Å²) in [5.41, 5.74) is 2.90. The number of anilines is 1. The van der Waals surface area contributed by atoms with E-state index in [1.54, 1.807) is 16.8 Å². The maximum atomic E-state index is 11.4. The van der Waals surface area contributed by atoms with E-state index in [9.17, 15) is 10.1 Å². The van der Waals surface area contributed by atoms with E-state index in [2.05, 4.69) is 17.3 Å². The summed E-state index contributed by atoms with van der Waals surface area (Å²) < 4.78 is 1.73. The lowest BCUT2D eigenvalue weighted by molar-refractivity contribution is -0.384. The number of rotatable bonds is 3. The van der Waals surface area contributed by atoms with Crippen molar-refractivity contribution in [3.05, 3.63) is 45.6 Å². The van der Waals surface area contributed by atoms with Gasteiger partial charge in [0, 0.05) is 18.2 Å². The number of nitro benzene ring substituents is 1. The number of benzene rings is 1. The van der Waals surface area contributed by atoms with Gasteiger partial charge in [0.1, 0.15) is 11.5 Å². The zero-order valence-corrected chi connectivity index (χ0v) is 13.7. The van der Waals surface area contributed by atoms with Crippen molar-refractivity contribution in [1.29, 1.82) is 0 Å². The first kappa shape index (κ1) is 15.1. The summed E-state index contributed by atoms with van der Waals surface area (Å²) in [6, 6.07) is 7.10. The Morgan fingerprint density at radius 2 is 2.17 bits per heavy atom. The summed E-state index contributed by atoms with van der Waals surface area (Å²) in [6.07, 6.45) is 4.44. The Bertz CT molecular complexity index is 785. The van der Waals surface area contributed by atoms with Gasteiger partial charge in [0.25, 0.3) is 5.69 Å². The minimum atomic E-state index is -0.342. The molecule has 2 aliphatic rings. The van der Waals surface area contributed by atoms with Crippen LogP contribution in [0.25, 0.3) is 5.69 Å². The second kappa shape index (κ2) is 5.90. The quantitative estimate of drug-likeness (QED) is 0.693. The average molecular weight is 327 g/mol. The van der Waals surface area contributed by atoms with Gasteiger partial charge in [0.05, 0.1) is 16.7 Å². The molecule has 0 aliphatic carbocycles. The average Bonchev–Trinajstić information content (AvgIpc) is 3.18. The van der Waals surface area contributed by atoms with Crippen molar-refractivity contribution in [3.63, 3.8) is 0 Å². The molecule has 1 unspecified atom stereocenters. The van der Waals surface area contributed by atoms with Gasteiger partial charge < -0.3 is 5.32 Å². The fraction of sp³-hybridized carbons (Fsp3) is 0.471. The van der Waals surface area contributed by atoms with Gasteiger partial charge in [-0.1, -0.05) is 18.6 Å². The van der Waals surface area contributed by atoms with Crippen LogP contribution in [-0.4, -0.2) is 39.7 Å². The number of nitro groups is 1. The minimum absolute atomic E-state index is 0.0834. The molecular formula is C17H21N5O2. The molecule has 3 heterocycles. The van der Waals surface area contributed by atoms with E-state index >= 15 is 0 Å². The highest BCUT2D eigenvalue weighted by atomic mass is 16.6. The Balaban J connectivity index is 1.84. The predicted molar refractivity (Wildman–Crippen MR) is 91.6 cm³/mol. The van der Waals surface area contributed by atoms with Crippen LogP contribution < -0.4 is 5.32 Å². The van der Waals surface area contributed by atoms with E-state index in [4.69, 9.17) is 5.10 Å². The molecule has 7 heteroatoms. The summed E-state index contributed by atoms with van der Waals surface area (Å²) in [4.78, 5) is 13.4. The van der Waals surface area contributed by atoms with Crippen LogP contribution >= 0.6 is 0 Å². The second-order valence-corrected chi connectivity index (χ2v) is 6.54. The Morgan fingerprint density at radius 1 is 1.33 bits per heavy atom. The van der Waals surface area contributed by atoms with E-state index in [1.807, 2.05) is 6.07 Å². The highest BCUT2D eigenvalue weighted by Gasteiger charge is 2.32. The lowest BCUT2D eigenvalue weighted by Gasteiger charge is -2.31. The summed E-state index contributed by atoms with van der Waals surface area (Å²) in [5.74, 6) is 0.915. The summed E-state index contributed by atoms with van der Waals surface area (Å²) in [7, 11) is 2.14. The first-order chi connectivity index (χ1) is 11.7. The Morgan fingerprint density at radius 3 is 2.96 bits per heavy atom. The minimum Gasteiger partial charge on any atom is -0.369 e. The molecular weight excluding hydrogens is 306 g/mol. The van der Waals surface area contributed by atoms with E-state index in [1.165, 1.54) is 24.5 Å². The first-order valence-electron chi connectivity index (χ1n) is 8.46. The van der Waals surface area contributed by atoms with Gasteiger partial charge in [-0.25, -0.2) is 4.68 Å². The Labute approximate surface area is 140 Å². The summed E-state index contributed by atoms with van der Waals surface area (Å²) in [6.45, 7) is 1.93. The molecule has 1 atom stereocenters. The highest BCUT2D eigenvalue weighted by molar-refractivity contribution is 5.62. The zero-order valence-electron chi connectivity index (χ0n) is 13.7. The number of hydrogen-bond acceptors (Lipinski definition) is 5. The van der Waals surface area contributed by atoms with Gasteiger partial charge in [0.15, 0.2) is 0 Å². The van der Waals surface area contributed by atoms with E-state index in [0.717, 1.165) is 37.4 Å². The molecule has 1 aromatic carbocycles. The van der Waals surface area contributed by atoms with Crippen LogP contribution in [0.4, 0.5) is 11.5 Å². The molecule has 24 heavy (non-hydrogen) atoms. The number of aromatic nitrogens is 2. The molecule has 1 saturated heterocycles. The monoisotopic (exact) mass is 327 g/mol. The zero-order chi connectivity index (χ0) is 16.7. The van der Waals surface area contributed by atoms with E-state index in [-0.39, 0.29) is 10.6 Å². The summed E-state index contributed by atoms with van der Waals surface area (Å²) >= 11 is 0. The largest absolute Gasteiger partial charge is 0.369 e. The number of nitrogens with one attached hydrogen (secondary N) is 1. The third-order valence-electron chi connectivity index (χ3n) is 5.07. The van der Waals surface area contributed by atoms with E-state index in [0.29, 0.717) is 11.7 Å². The van der Waals surface area contributed by atoms with Crippen molar-refractivity contribution in [3.8, 4) is 5.69 Å². The van der Waals surface area contributed by atoms with Crippen molar-refractivity contribution >= 4 is 11.5 Å². The molecule has 1 aromatic heterocycles. The molecule has 1 fully saturated rings. The van der Waals surface area contributed by atoms with Gasteiger partial charge in [-0.05, 0) is 38.9 Å². The fourth-order valence-corrected chi connectivity index (χ4v) is 3.86. The van der Waals surface area contributed by atoms with Crippen molar-refractivity contribution in [2.45, 2.75) is 31.7 Å². The molecule has 2 aromatic rings. The smallest absolute Gasteiger partial charge is 0.294 e. The molecule has 0 spiro atoms. The number of para-hydroxylation sites is 2. The molecule has 2 aliphatic heterocycles. The molecule has 7 nitrogen and oxygen atoms in total. The van der Waals surface area contributed by atoms with Crippen LogP contribution in [0.1, 0.15) is 36.6 Å². The van der Waals surface area contributed by atoms with Crippen LogP contribution in [-0.2, 0) is 6.42 Å². The van der Waals surface area contributed by atoms with Gasteiger partial charge >= 0.3 is 0 Å². The summed E-state index contributed by atoms with van der Waals surface area (Å²) in [5, 5.41) is 19.6. The second-order valence-electron chi connectivity index (χ2n) is 6.54. The first-order valence-corrected chi connectivity index (χ1v) is 8.46. The predicted octanol–water partition coefficient (Wildman–Crippen LogP) is 2.91. The van der Waals surface area contributed by atoms with Crippen LogP contribution in [0, 0.1) is 10.1 Å². The number of nitrogens with zero attached hydrogens (tertiary/aromatic N) is 4. The van der Waals surface area contributed by atoms with Gasteiger partial charge in [-0.3, -0.25) is 15.0 Å². The lowest BCUT2D eigenvalue weighted by Crippen LogP contribution is -2.30. The van der Waals surface area contributed by atoms with Crippen LogP contribution in [0.5, 0.6) is 0 Å². The SMILES string of the molecule is CN1CCCCC1c1nn(-c2ccccc2[N+](=O)[O-])c2c1CCN2. The number of fused-ring (bicyclic) bond motifs is 1. The lowest BCUT2D eigenvalue weighted by atomic mass is 9.97. The maximum absolute atomic E-state index is 11.4. The molecule has 126 valence electrons. The maximum Gasteiger partial charge on any atom is 0.294 e. The van der Waals surface area contributed by atoms with E-state index < -0.39 is 0 Å². The van der Waals surface area contributed by atoms with Crippen molar-refractivity contribution in [2.24, 2.45) is 0 Å². The van der Waals surface area contributed by atoms with Crippen LogP contribution in [0.3, 0.4) is 0 Å². The van der Waals surface area contributed by atoms with Gasteiger partial charge in [-0.15, -0.1) is 0 Å². The van der Waals surface area contributed by atoms with Crippen molar-refractivity contribution in [1.82, 2.24) is 14.7 Å². The Kier molecular flexibility index (Phi) is 3.72. The molecule has 0 amide bonds. The molecule has 4 rings (SSSR count). The van der Waals surface area contributed by atoms with Crippen LogP contribution in [0.2, 0.25) is 0 Å². The topological polar surface area (TPSA) is 76.2 Å². The highest BCUT2D eigenvalue weighted by Crippen LogP contribution is 2.38. The third-order valence-corrected chi connectivity index (χ3v) is 5.07. The standard InChI is InChI=1S/C17H21N5O2/c1-20-11-5-4-8-15(20)16-12-9-10-18-17(12)21(19-16)13-6-2-3-7-14(13)22(23)24/h2-3,6-7,15,18H,4-5,8-11H2,1H3. The molecule has 0 bridgehead atoms. The van der Waals surface area contributed by atoms with Crippen molar-refractivity contribution in [2.75, 3.05) is 25.5 Å². The molecule has 0 radical (unpaired) electrons. The molecule has 0 saturated carbocycles. The fourth-order valence-electron chi connectivity index (χ4n) is 3.86. The number of piperidine rings is 1. The number of likely N-dealkylation sites (tertiary alicyclic amines) is 1. The number of hydrogen-bond donors (Lipinski definition) is 1. The Hall–Kier alpha value is -2.41. The normalized spacial score (nSPS) is 20.6. The van der Waals surface area contributed by atoms with Gasteiger partial charge in [-0.2, -0.15) is 5.10 Å².